The average Bonchev–Trinajstić information content (AvgIpc) is 3.10. The predicted octanol–water partition coefficient (Wildman–Crippen LogP) is 2.64. The highest BCUT2D eigenvalue weighted by atomic mass is 32.2. The van der Waals surface area contributed by atoms with Crippen molar-refractivity contribution in [3.63, 3.8) is 0 Å². The summed E-state index contributed by atoms with van der Waals surface area (Å²) in [6.45, 7) is 0. The van der Waals surface area contributed by atoms with Gasteiger partial charge in [-0.15, -0.1) is 0 Å². The summed E-state index contributed by atoms with van der Waals surface area (Å²) in [7, 11) is -3.43. The third-order valence-electron chi connectivity index (χ3n) is 3.39. The zero-order valence-electron chi connectivity index (χ0n) is 12.6. The van der Waals surface area contributed by atoms with Gasteiger partial charge in [-0.25, -0.2) is 8.42 Å². The number of aromatic amines is 1. The Balaban J connectivity index is 1.77. The van der Waals surface area contributed by atoms with Crippen LogP contribution in [0.25, 0.3) is 0 Å². The van der Waals surface area contributed by atoms with Gasteiger partial charge < -0.3 is 5.32 Å². The van der Waals surface area contributed by atoms with Crippen molar-refractivity contribution in [3.05, 3.63) is 78.1 Å². The average molecular weight is 341 g/mol. The molecule has 3 rings (SSSR count). The topological polar surface area (TPSA) is 91.9 Å². The van der Waals surface area contributed by atoms with E-state index in [0.717, 1.165) is 0 Å². The lowest BCUT2D eigenvalue weighted by molar-refractivity contribution is 0.102. The van der Waals surface area contributed by atoms with Gasteiger partial charge in [0.2, 0.25) is 0 Å². The van der Waals surface area contributed by atoms with Crippen LogP contribution in [-0.2, 0) is 15.6 Å². The molecule has 2 aromatic carbocycles. The minimum Gasteiger partial charge on any atom is -0.321 e. The Bertz CT molecular complexity index is 936. The molecule has 0 saturated heterocycles. The molecule has 24 heavy (non-hydrogen) atoms. The van der Waals surface area contributed by atoms with Crippen molar-refractivity contribution in [2.75, 3.05) is 5.32 Å². The molecule has 1 aromatic heterocycles. The molecule has 2 N–H and O–H groups in total. The summed E-state index contributed by atoms with van der Waals surface area (Å²) in [4.78, 5) is 12.3. The first-order valence-electron chi connectivity index (χ1n) is 7.22. The molecule has 0 fully saturated rings. The van der Waals surface area contributed by atoms with Gasteiger partial charge in [-0.2, -0.15) is 5.10 Å². The van der Waals surface area contributed by atoms with E-state index in [4.69, 9.17) is 0 Å². The molecule has 0 bridgehead atoms. The lowest BCUT2D eigenvalue weighted by Crippen LogP contribution is -2.13. The summed E-state index contributed by atoms with van der Waals surface area (Å²) in [6, 6.07) is 16.6. The number of rotatable bonds is 5. The number of hydrogen-bond acceptors (Lipinski definition) is 4. The second kappa shape index (κ2) is 6.67. The van der Waals surface area contributed by atoms with Crippen LogP contribution in [0.2, 0.25) is 0 Å². The van der Waals surface area contributed by atoms with Gasteiger partial charge in [0, 0.05) is 11.9 Å². The highest BCUT2D eigenvalue weighted by Gasteiger charge is 2.15. The van der Waals surface area contributed by atoms with Crippen molar-refractivity contribution in [2.45, 2.75) is 10.6 Å². The van der Waals surface area contributed by atoms with Crippen LogP contribution < -0.4 is 5.32 Å². The molecule has 7 heteroatoms. The molecular weight excluding hydrogens is 326 g/mol. The molecule has 6 nitrogen and oxygen atoms in total. The first kappa shape index (κ1) is 15.9. The molecule has 0 radical (unpaired) electrons. The van der Waals surface area contributed by atoms with Gasteiger partial charge in [0.25, 0.3) is 5.91 Å². The maximum absolute atomic E-state index is 12.4. The SMILES string of the molecule is O=C(Nc1cccc(CS(=O)(=O)c2ccccc2)c1)c1ccn[nH]1. The standard InChI is InChI=1S/C17H15N3O3S/c21-17(16-9-10-18-20-16)19-14-6-4-5-13(11-14)12-24(22,23)15-7-2-1-3-8-15/h1-11H,12H2,(H,18,20)(H,19,21). The molecule has 1 heterocycles. The minimum atomic E-state index is -3.43. The molecule has 0 aliphatic heterocycles. The van der Waals surface area contributed by atoms with Crippen LogP contribution in [0.3, 0.4) is 0 Å². The second-order valence-electron chi connectivity index (χ2n) is 5.20. The number of hydrogen-bond donors (Lipinski definition) is 2. The molecule has 0 aliphatic carbocycles. The summed E-state index contributed by atoms with van der Waals surface area (Å²) < 4.78 is 24.8. The number of carbonyl (C=O) groups excluding carboxylic acids is 1. The van der Waals surface area contributed by atoms with Gasteiger partial charge in [0.1, 0.15) is 5.69 Å². The molecule has 3 aromatic rings. The smallest absolute Gasteiger partial charge is 0.273 e. The Hall–Kier alpha value is -2.93. The molecule has 0 unspecified atom stereocenters. The van der Waals surface area contributed by atoms with E-state index in [-0.39, 0.29) is 16.6 Å². The third kappa shape index (κ3) is 3.69. The molecule has 0 saturated carbocycles. The maximum atomic E-state index is 12.4. The highest BCUT2D eigenvalue weighted by Crippen LogP contribution is 2.19. The van der Waals surface area contributed by atoms with E-state index in [0.29, 0.717) is 16.9 Å². The van der Waals surface area contributed by atoms with Gasteiger partial charge in [-0.3, -0.25) is 9.89 Å². The third-order valence-corrected chi connectivity index (χ3v) is 5.09. The number of nitrogens with zero attached hydrogens (tertiary/aromatic N) is 1. The first-order chi connectivity index (χ1) is 11.5. The Morgan fingerprint density at radius 2 is 1.83 bits per heavy atom. The van der Waals surface area contributed by atoms with E-state index >= 15 is 0 Å². The molecule has 0 aliphatic rings. The summed E-state index contributed by atoms with van der Waals surface area (Å²) >= 11 is 0. The number of nitrogens with one attached hydrogen (secondary N) is 2. The zero-order chi connectivity index (χ0) is 17.0. The minimum absolute atomic E-state index is 0.134. The fraction of sp³-hybridized carbons (Fsp3) is 0.0588. The predicted molar refractivity (Wildman–Crippen MR) is 90.3 cm³/mol. The lowest BCUT2D eigenvalue weighted by atomic mass is 10.2. The summed E-state index contributed by atoms with van der Waals surface area (Å²) in [5, 5.41) is 9.00. The molecule has 1 amide bonds. The zero-order valence-corrected chi connectivity index (χ0v) is 13.5. The lowest BCUT2D eigenvalue weighted by Gasteiger charge is -2.08. The molecule has 0 spiro atoms. The Labute approximate surface area is 139 Å². The largest absolute Gasteiger partial charge is 0.321 e. The molecule has 122 valence electrons. The van der Waals surface area contributed by atoms with Gasteiger partial charge in [-0.05, 0) is 35.9 Å². The number of amides is 1. The molecular formula is C17H15N3O3S. The first-order valence-corrected chi connectivity index (χ1v) is 8.87. The fourth-order valence-corrected chi connectivity index (χ4v) is 3.61. The monoisotopic (exact) mass is 341 g/mol. The van der Waals surface area contributed by atoms with Crippen LogP contribution in [0, 0.1) is 0 Å². The molecule has 0 atom stereocenters. The van der Waals surface area contributed by atoms with Crippen LogP contribution in [0.15, 0.2) is 71.8 Å². The van der Waals surface area contributed by atoms with Crippen molar-refractivity contribution >= 4 is 21.4 Å². The van der Waals surface area contributed by atoms with Gasteiger partial charge in [0.15, 0.2) is 9.84 Å². The number of benzene rings is 2. The van der Waals surface area contributed by atoms with Crippen LogP contribution in [0.5, 0.6) is 0 Å². The van der Waals surface area contributed by atoms with Crippen molar-refractivity contribution in [2.24, 2.45) is 0 Å². The van der Waals surface area contributed by atoms with E-state index in [1.54, 1.807) is 60.7 Å². The summed E-state index contributed by atoms with van der Waals surface area (Å²) in [5.41, 5.74) is 1.45. The number of carbonyl (C=O) groups is 1. The van der Waals surface area contributed by atoms with Crippen LogP contribution in [0.4, 0.5) is 5.69 Å². The van der Waals surface area contributed by atoms with Crippen molar-refractivity contribution in [1.29, 1.82) is 0 Å². The number of anilines is 1. The fourth-order valence-electron chi connectivity index (χ4n) is 2.25. The number of H-pyrrole nitrogens is 1. The summed E-state index contributed by atoms with van der Waals surface area (Å²) in [6.07, 6.45) is 1.48. The van der Waals surface area contributed by atoms with E-state index < -0.39 is 9.84 Å². The van der Waals surface area contributed by atoms with Crippen LogP contribution in [-0.4, -0.2) is 24.5 Å². The second-order valence-corrected chi connectivity index (χ2v) is 7.19. The Morgan fingerprint density at radius 1 is 1.04 bits per heavy atom. The van der Waals surface area contributed by atoms with Gasteiger partial charge in [-0.1, -0.05) is 30.3 Å². The van der Waals surface area contributed by atoms with Crippen molar-refractivity contribution < 1.29 is 13.2 Å². The van der Waals surface area contributed by atoms with Crippen LogP contribution in [0.1, 0.15) is 16.1 Å². The Morgan fingerprint density at radius 3 is 2.54 bits per heavy atom. The van der Waals surface area contributed by atoms with E-state index in [1.807, 2.05) is 0 Å². The van der Waals surface area contributed by atoms with E-state index in [2.05, 4.69) is 15.5 Å². The van der Waals surface area contributed by atoms with Crippen molar-refractivity contribution in [1.82, 2.24) is 10.2 Å². The normalized spacial score (nSPS) is 11.2. The number of sulfone groups is 1. The summed E-state index contributed by atoms with van der Waals surface area (Å²) in [5.74, 6) is -0.472. The Kier molecular flexibility index (Phi) is 4.43. The maximum Gasteiger partial charge on any atom is 0.273 e. The number of aromatic nitrogens is 2. The quantitative estimate of drug-likeness (QED) is 0.746. The van der Waals surface area contributed by atoms with Gasteiger partial charge in [0.05, 0.1) is 10.6 Å². The van der Waals surface area contributed by atoms with Crippen LogP contribution >= 0.6 is 0 Å². The van der Waals surface area contributed by atoms with Gasteiger partial charge >= 0.3 is 0 Å². The van der Waals surface area contributed by atoms with E-state index in [9.17, 15) is 13.2 Å². The highest BCUT2D eigenvalue weighted by molar-refractivity contribution is 7.90. The van der Waals surface area contributed by atoms with Crippen molar-refractivity contribution in [3.8, 4) is 0 Å². The van der Waals surface area contributed by atoms with E-state index in [1.165, 1.54) is 6.20 Å².